The Morgan fingerprint density at radius 2 is 2.20 bits per heavy atom. The minimum Gasteiger partial charge on any atom is -0.494 e. The van der Waals surface area contributed by atoms with Crippen molar-refractivity contribution in [3.05, 3.63) is 23.3 Å². The molecule has 1 aliphatic carbocycles. The maximum absolute atomic E-state index is 5.85. The highest BCUT2D eigenvalue weighted by Crippen LogP contribution is 2.35. The van der Waals surface area contributed by atoms with Crippen LogP contribution in [0.3, 0.4) is 0 Å². The van der Waals surface area contributed by atoms with Crippen molar-refractivity contribution in [2.75, 3.05) is 13.2 Å². The molecule has 20 heavy (non-hydrogen) atoms. The fourth-order valence-corrected chi connectivity index (χ4v) is 2.85. The third kappa shape index (κ3) is 3.26. The summed E-state index contributed by atoms with van der Waals surface area (Å²) in [6.07, 6.45) is 5.44. The van der Waals surface area contributed by atoms with Gasteiger partial charge in [-0.3, -0.25) is 0 Å². The Hall–Kier alpha value is -1.22. The van der Waals surface area contributed by atoms with Crippen LogP contribution in [0, 0.1) is 5.92 Å². The van der Waals surface area contributed by atoms with E-state index >= 15 is 0 Å². The summed E-state index contributed by atoms with van der Waals surface area (Å²) in [4.78, 5) is 0. The van der Waals surface area contributed by atoms with Gasteiger partial charge in [0.15, 0.2) is 0 Å². The molecular weight excluding hydrogens is 250 g/mol. The lowest BCUT2D eigenvalue weighted by Gasteiger charge is -2.13. The molecule has 1 aliphatic heterocycles. The Morgan fingerprint density at radius 3 is 2.95 bits per heavy atom. The number of ether oxygens (including phenoxy) is 2. The van der Waals surface area contributed by atoms with Crippen LogP contribution in [0.4, 0.5) is 0 Å². The molecule has 1 aromatic rings. The number of nitrogens with one attached hydrogen (secondary N) is 1. The molecule has 0 saturated heterocycles. The monoisotopic (exact) mass is 275 g/mol. The van der Waals surface area contributed by atoms with Crippen LogP contribution in [0.15, 0.2) is 12.1 Å². The Kier molecular flexibility index (Phi) is 4.16. The maximum atomic E-state index is 5.85. The van der Waals surface area contributed by atoms with E-state index in [0.717, 1.165) is 36.9 Å². The number of fused-ring (bicyclic) bond motifs is 1. The summed E-state index contributed by atoms with van der Waals surface area (Å²) in [5.74, 6) is 3.04. The highest BCUT2D eigenvalue weighted by atomic mass is 16.5. The molecule has 1 N–H and O–H groups in total. The van der Waals surface area contributed by atoms with Crippen LogP contribution in [-0.4, -0.2) is 19.3 Å². The van der Waals surface area contributed by atoms with Crippen molar-refractivity contribution >= 4 is 0 Å². The standard InChI is InChI=1S/C17H25NO2/c1-3-19-16-9-14-8-12(2)20-17(14)10-15(16)11-18-7-6-13-4-5-13/h9-10,12-13,18H,3-8,11H2,1-2H3. The minimum atomic E-state index is 0.289. The van der Waals surface area contributed by atoms with Crippen molar-refractivity contribution in [2.45, 2.75) is 52.2 Å². The average molecular weight is 275 g/mol. The maximum Gasteiger partial charge on any atom is 0.124 e. The molecule has 0 radical (unpaired) electrons. The van der Waals surface area contributed by atoms with Crippen LogP contribution in [-0.2, 0) is 13.0 Å². The SMILES string of the molecule is CCOc1cc2c(cc1CNCCC1CC1)OC(C)C2. The molecule has 1 atom stereocenters. The van der Waals surface area contributed by atoms with E-state index in [2.05, 4.69) is 24.4 Å². The smallest absolute Gasteiger partial charge is 0.124 e. The van der Waals surface area contributed by atoms with Crippen LogP contribution in [0.5, 0.6) is 11.5 Å². The molecule has 3 nitrogen and oxygen atoms in total. The van der Waals surface area contributed by atoms with Gasteiger partial charge in [-0.2, -0.15) is 0 Å². The third-order valence-electron chi connectivity index (χ3n) is 4.12. The van der Waals surface area contributed by atoms with E-state index in [1.165, 1.54) is 30.4 Å². The molecule has 3 rings (SSSR count). The van der Waals surface area contributed by atoms with Gasteiger partial charge in [-0.25, -0.2) is 0 Å². The van der Waals surface area contributed by atoms with Crippen molar-refractivity contribution < 1.29 is 9.47 Å². The van der Waals surface area contributed by atoms with E-state index in [-0.39, 0.29) is 6.10 Å². The largest absolute Gasteiger partial charge is 0.494 e. The lowest BCUT2D eigenvalue weighted by molar-refractivity contribution is 0.254. The summed E-state index contributed by atoms with van der Waals surface area (Å²) in [7, 11) is 0. The molecule has 1 fully saturated rings. The van der Waals surface area contributed by atoms with Gasteiger partial charge in [0.05, 0.1) is 6.61 Å². The molecule has 0 spiro atoms. The molecule has 0 bridgehead atoms. The summed E-state index contributed by atoms with van der Waals surface area (Å²) < 4.78 is 11.6. The van der Waals surface area contributed by atoms with Gasteiger partial charge in [-0.1, -0.05) is 12.8 Å². The predicted molar refractivity (Wildman–Crippen MR) is 80.5 cm³/mol. The summed E-state index contributed by atoms with van der Waals surface area (Å²) in [6, 6.07) is 4.33. The van der Waals surface area contributed by atoms with Crippen molar-refractivity contribution in [2.24, 2.45) is 5.92 Å². The average Bonchev–Trinajstić information content (AvgIpc) is 3.16. The summed E-state index contributed by atoms with van der Waals surface area (Å²) in [5.41, 5.74) is 2.50. The number of rotatable bonds is 7. The minimum absolute atomic E-state index is 0.289. The van der Waals surface area contributed by atoms with E-state index in [4.69, 9.17) is 9.47 Å². The summed E-state index contributed by atoms with van der Waals surface area (Å²) in [6.45, 7) is 6.84. The first-order valence-electron chi connectivity index (χ1n) is 7.92. The lowest BCUT2D eigenvalue weighted by Crippen LogP contribution is -2.16. The van der Waals surface area contributed by atoms with E-state index < -0.39 is 0 Å². The Bertz CT molecular complexity index is 468. The quantitative estimate of drug-likeness (QED) is 0.775. The number of hydrogen-bond acceptors (Lipinski definition) is 3. The molecule has 1 aromatic carbocycles. The third-order valence-corrected chi connectivity index (χ3v) is 4.12. The Balaban J connectivity index is 1.65. The van der Waals surface area contributed by atoms with Crippen LogP contribution in [0.2, 0.25) is 0 Å². The van der Waals surface area contributed by atoms with Gasteiger partial charge in [0.2, 0.25) is 0 Å². The van der Waals surface area contributed by atoms with Crippen LogP contribution in [0.25, 0.3) is 0 Å². The van der Waals surface area contributed by atoms with Gasteiger partial charge in [0, 0.05) is 24.1 Å². The Labute approximate surface area is 121 Å². The molecule has 0 aromatic heterocycles. The van der Waals surface area contributed by atoms with Crippen molar-refractivity contribution in [3.63, 3.8) is 0 Å². The fourth-order valence-electron chi connectivity index (χ4n) is 2.85. The zero-order valence-corrected chi connectivity index (χ0v) is 12.6. The van der Waals surface area contributed by atoms with E-state index in [1.54, 1.807) is 0 Å². The van der Waals surface area contributed by atoms with Gasteiger partial charge < -0.3 is 14.8 Å². The van der Waals surface area contributed by atoms with Crippen molar-refractivity contribution in [1.29, 1.82) is 0 Å². The van der Waals surface area contributed by atoms with Crippen molar-refractivity contribution in [3.8, 4) is 11.5 Å². The van der Waals surface area contributed by atoms with Gasteiger partial charge in [0.1, 0.15) is 17.6 Å². The number of benzene rings is 1. The summed E-state index contributed by atoms with van der Waals surface area (Å²) >= 11 is 0. The van der Waals surface area contributed by atoms with Gasteiger partial charge in [-0.05, 0) is 44.9 Å². The second-order valence-corrected chi connectivity index (χ2v) is 6.04. The predicted octanol–water partition coefficient (Wildman–Crippen LogP) is 3.30. The molecular formula is C17H25NO2. The second-order valence-electron chi connectivity index (χ2n) is 6.04. The molecule has 1 saturated carbocycles. The Morgan fingerprint density at radius 1 is 1.35 bits per heavy atom. The normalized spacial score (nSPS) is 20.6. The first-order chi connectivity index (χ1) is 9.76. The highest BCUT2D eigenvalue weighted by molar-refractivity contribution is 5.48. The van der Waals surface area contributed by atoms with Gasteiger partial charge >= 0.3 is 0 Å². The van der Waals surface area contributed by atoms with Gasteiger partial charge in [0.25, 0.3) is 0 Å². The molecule has 2 aliphatic rings. The molecule has 3 heteroatoms. The van der Waals surface area contributed by atoms with Crippen molar-refractivity contribution in [1.82, 2.24) is 5.32 Å². The number of hydrogen-bond donors (Lipinski definition) is 1. The highest BCUT2D eigenvalue weighted by Gasteiger charge is 2.22. The van der Waals surface area contributed by atoms with Crippen LogP contribution in [0.1, 0.15) is 44.2 Å². The first kappa shape index (κ1) is 13.7. The van der Waals surface area contributed by atoms with Crippen LogP contribution >= 0.6 is 0 Å². The zero-order valence-electron chi connectivity index (χ0n) is 12.6. The second kappa shape index (κ2) is 6.04. The molecule has 0 amide bonds. The zero-order chi connectivity index (χ0) is 13.9. The fraction of sp³-hybridized carbons (Fsp3) is 0.647. The van der Waals surface area contributed by atoms with E-state index in [9.17, 15) is 0 Å². The van der Waals surface area contributed by atoms with E-state index in [0.29, 0.717) is 6.61 Å². The molecule has 110 valence electrons. The first-order valence-corrected chi connectivity index (χ1v) is 7.92. The topological polar surface area (TPSA) is 30.5 Å². The van der Waals surface area contributed by atoms with Gasteiger partial charge in [-0.15, -0.1) is 0 Å². The van der Waals surface area contributed by atoms with E-state index in [1.807, 2.05) is 6.92 Å². The molecule has 1 unspecified atom stereocenters. The molecule has 1 heterocycles. The summed E-state index contributed by atoms with van der Waals surface area (Å²) in [5, 5.41) is 3.54. The lowest BCUT2D eigenvalue weighted by atomic mass is 10.1. The van der Waals surface area contributed by atoms with Crippen LogP contribution < -0.4 is 14.8 Å².